The lowest BCUT2D eigenvalue weighted by Crippen LogP contribution is -2.27. The molecule has 1 aromatic rings. The van der Waals surface area contributed by atoms with Crippen LogP contribution in [0.5, 0.6) is 5.75 Å². The maximum atomic E-state index is 11.7. The molecule has 1 unspecified atom stereocenters. The molecule has 0 saturated carbocycles. The Morgan fingerprint density at radius 2 is 2.05 bits per heavy atom. The number of carbonyl (C=O) groups is 1. The van der Waals surface area contributed by atoms with Crippen LogP contribution in [0.2, 0.25) is 0 Å². The Morgan fingerprint density at radius 1 is 1.29 bits per heavy atom. The van der Waals surface area contributed by atoms with Crippen LogP contribution in [-0.2, 0) is 27.1 Å². The second-order valence-corrected chi connectivity index (χ2v) is 5.10. The van der Waals surface area contributed by atoms with Crippen molar-refractivity contribution in [2.75, 3.05) is 13.7 Å². The van der Waals surface area contributed by atoms with Gasteiger partial charge in [0, 0.05) is 13.5 Å². The molecule has 0 radical (unpaired) electrons. The first-order valence-corrected chi connectivity index (χ1v) is 7.62. The molecule has 4 nitrogen and oxygen atoms in total. The van der Waals surface area contributed by atoms with Crippen molar-refractivity contribution in [1.82, 2.24) is 0 Å². The third-order valence-electron chi connectivity index (χ3n) is 3.45. The fourth-order valence-corrected chi connectivity index (χ4v) is 2.24. The highest BCUT2D eigenvalue weighted by Crippen LogP contribution is 2.22. The van der Waals surface area contributed by atoms with Gasteiger partial charge in [0.1, 0.15) is 5.75 Å². The molecule has 1 aromatic carbocycles. The van der Waals surface area contributed by atoms with Crippen molar-refractivity contribution in [2.24, 2.45) is 0 Å². The van der Waals surface area contributed by atoms with E-state index in [1.807, 2.05) is 12.1 Å². The standard InChI is InChI=1S/C17H26O4/c1-4-6-7-8-14-11-13(9-10-15(14)18)12-16(20-3)17(19)21-5-2/h9-11,16,18H,4-8,12H2,1-3H3. The Labute approximate surface area is 127 Å². The van der Waals surface area contributed by atoms with E-state index in [-0.39, 0.29) is 5.97 Å². The monoisotopic (exact) mass is 294 g/mol. The van der Waals surface area contributed by atoms with E-state index < -0.39 is 6.10 Å². The molecule has 0 aromatic heterocycles. The van der Waals surface area contributed by atoms with E-state index in [1.165, 1.54) is 7.11 Å². The maximum absolute atomic E-state index is 11.7. The first-order chi connectivity index (χ1) is 10.1. The molecule has 1 N–H and O–H groups in total. The molecule has 0 spiro atoms. The van der Waals surface area contributed by atoms with E-state index in [4.69, 9.17) is 9.47 Å². The van der Waals surface area contributed by atoms with Crippen LogP contribution >= 0.6 is 0 Å². The van der Waals surface area contributed by atoms with Gasteiger partial charge >= 0.3 is 5.97 Å². The third kappa shape index (κ3) is 5.76. The van der Waals surface area contributed by atoms with Crippen LogP contribution in [-0.4, -0.2) is 30.9 Å². The summed E-state index contributed by atoms with van der Waals surface area (Å²) < 4.78 is 10.2. The summed E-state index contributed by atoms with van der Waals surface area (Å²) in [5.41, 5.74) is 1.90. The van der Waals surface area contributed by atoms with Gasteiger partial charge in [-0.3, -0.25) is 0 Å². The minimum Gasteiger partial charge on any atom is -0.508 e. The molecule has 1 rings (SSSR count). The number of carbonyl (C=O) groups excluding carboxylic acids is 1. The zero-order valence-electron chi connectivity index (χ0n) is 13.2. The topological polar surface area (TPSA) is 55.8 Å². The summed E-state index contributed by atoms with van der Waals surface area (Å²) in [4.78, 5) is 11.7. The number of aromatic hydroxyl groups is 1. The molecule has 0 bridgehead atoms. The highest BCUT2D eigenvalue weighted by molar-refractivity contribution is 5.75. The van der Waals surface area contributed by atoms with Crippen LogP contribution in [0.25, 0.3) is 0 Å². The number of esters is 1. The van der Waals surface area contributed by atoms with E-state index in [9.17, 15) is 9.90 Å². The summed E-state index contributed by atoms with van der Waals surface area (Å²) in [6.45, 7) is 4.27. The maximum Gasteiger partial charge on any atom is 0.335 e. The second kappa shape index (κ2) is 9.40. The van der Waals surface area contributed by atoms with Crippen molar-refractivity contribution in [3.8, 4) is 5.75 Å². The highest BCUT2D eigenvalue weighted by atomic mass is 16.6. The molecule has 4 heteroatoms. The van der Waals surface area contributed by atoms with Gasteiger partial charge in [0.25, 0.3) is 0 Å². The number of ether oxygens (including phenoxy) is 2. The molecule has 1 atom stereocenters. The van der Waals surface area contributed by atoms with Crippen LogP contribution in [0.15, 0.2) is 18.2 Å². The average Bonchev–Trinajstić information content (AvgIpc) is 2.48. The molecule has 0 amide bonds. The number of unbranched alkanes of at least 4 members (excludes halogenated alkanes) is 2. The van der Waals surface area contributed by atoms with Crippen LogP contribution in [0.3, 0.4) is 0 Å². The average molecular weight is 294 g/mol. The second-order valence-electron chi connectivity index (χ2n) is 5.10. The minimum absolute atomic E-state index is 0.319. The predicted octanol–water partition coefficient (Wildman–Crippen LogP) is 3.25. The molecule has 21 heavy (non-hydrogen) atoms. The van der Waals surface area contributed by atoms with Crippen molar-refractivity contribution in [3.05, 3.63) is 29.3 Å². The Balaban J connectivity index is 2.73. The van der Waals surface area contributed by atoms with Gasteiger partial charge in [-0.25, -0.2) is 4.79 Å². The van der Waals surface area contributed by atoms with Crippen molar-refractivity contribution < 1.29 is 19.4 Å². The van der Waals surface area contributed by atoms with Crippen LogP contribution in [0.4, 0.5) is 0 Å². The molecule has 0 aliphatic heterocycles. The molecular weight excluding hydrogens is 268 g/mol. The summed E-state index contributed by atoms with van der Waals surface area (Å²) in [5, 5.41) is 9.90. The van der Waals surface area contributed by atoms with E-state index >= 15 is 0 Å². The number of rotatable bonds is 9. The van der Waals surface area contributed by atoms with Gasteiger partial charge in [-0.2, -0.15) is 0 Å². The quantitative estimate of drug-likeness (QED) is 0.561. The lowest BCUT2D eigenvalue weighted by molar-refractivity contribution is -0.154. The SMILES string of the molecule is CCCCCc1cc(CC(OC)C(=O)OCC)ccc1O. The number of benzene rings is 1. The largest absolute Gasteiger partial charge is 0.508 e. The lowest BCUT2D eigenvalue weighted by Gasteiger charge is -2.15. The van der Waals surface area contributed by atoms with Crippen molar-refractivity contribution in [2.45, 2.75) is 52.1 Å². The zero-order chi connectivity index (χ0) is 15.7. The van der Waals surface area contributed by atoms with Gasteiger partial charge in [0.2, 0.25) is 0 Å². The smallest absolute Gasteiger partial charge is 0.335 e. The van der Waals surface area contributed by atoms with Crippen LogP contribution < -0.4 is 0 Å². The number of methoxy groups -OCH3 is 1. The minimum atomic E-state index is -0.599. The summed E-state index contributed by atoms with van der Waals surface area (Å²) in [5.74, 6) is -0.0273. The summed E-state index contributed by atoms with van der Waals surface area (Å²) in [6, 6.07) is 5.47. The first-order valence-electron chi connectivity index (χ1n) is 7.62. The van der Waals surface area contributed by atoms with Gasteiger partial charge in [-0.05, 0) is 37.0 Å². The van der Waals surface area contributed by atoms with Gasteiger partial charge < -0.3 is 14.6 Å². The van der Waals surface area contributed by atoms with E-state index in [1.54, 1.807) is 13.0 Å². The Hall–Kier alpha value is -1.55. The first kappa shape index (κ1) is 17.5. The van der Waals surface area contributed by atoms with Gasteiger partial charge in [0.15, 0.2) is 6.10 Å². The van der Waals surface area contributed by atoms with Crippen LogP contribution in [0.1, 0.15) is 44.2 Å². The third-order valence-corrected chi connectivity index (χ3v) is 3.45. The number of phenolic OH excluding ortho intramolecular Hbond substituents is 1. The lowest BCUT2D eigenvalue weighted by atomic mass is 10.0. The molecule has 0 aliphatic carbocycles. The molecule has 0 fully saturated rings. The predicted molar refractivity (Wildman–Crippen MR) is 82.5 cm³/mol. The van der Waals surface area contributed by atoms with Crippen molar-refractivity contribution >= 4 is 5.97 Å². The fraction of sp³-hybridized carbons (Fsp3) is 0.588. The number of hydrogen-bond acceptors (Lipinski definition) is 4. The molecule has 0 saturated heterocycles. The summed E-state index contributed by atoms with van der Waals surface area (Å²) in [6.07, 6.45) is 4.06. The molecule has 0 aliphatic rings. The number of phenols is 1. The van der Waals surface area contributed by atoms with E-state index in [0.717, 1.165) is 36.8 Å². The van der Waals surface area contributed by atoms with Gasteiger partial charge in [-0.15, -0.1) is 0 Å². The zero-order valence-corrected chi connectivity index (χ0v) is 13.2. The fourth-order valence-electron chi connectivity index (χ4n) is 2.24. The van der Waals surface area contributed by atoms with Gasteiger partial charge in [-0.1, -0.05) is 31.9 Å². The normalized spacial score (nSPS) is 12.1. The summed E-state index contributed by atoms with van der Waals surface area (Å²) >= 11 is 0. The molecule has 0 heterocycles. The molecule has 118 valence electrons. The van der Waals surface area contributed by atoms with Gasteiger partial charge in [0.05, 0.1) is 6.61 Å². The van der Waals surface area contributed by atoms with Crippen molar-refractivity contribution in [1.29, 1.82) is 0 Å². The Bertz CT molecular complexity index is 442. The Morgan fingerprint density at radius 3 is 2.67 bits per heavy atom. The number of hydrogen-bond donors (Lipinski definition) is 1. The highest BCUT2D eigenvalue weighted by Gasteiger charge is 2.20. The van der Waals surface area contributed by atoms with Crippen LogP contribution in [0, 0.1) is 0 Å². The Kier molecular flexibility index (Phi) is 7.83. The van der Waals surface area contributed by atoms with E-state index in [2.05, 4.69) is 6.92 Å². The molecular formula is C17H26O4. The summed E-state index contributed by atoms with van der Waals surface area (Å²) in [7, 11) is 1.50. The number of aryl methyl sites for hydroxylation is 1. The van der Waals surface area contributed by atoms with E-state index in [0.29, 0.717) is 18.8 Å². The van der Waals surface area contributed by atoms with Crippen molar-refractivity contribution in [3.63, 3.8) is 0 Å².